The number of amides is 1. The Morgan fingerprint density at radius 2 is 1.89 bits per heavy atom. The van der Waals surface area contributed by atoms with E-state index >= 15 is 0 Å². The first-order valence-electron chi connectivity index (χ1n) is 8.63. The first kappa shape index (κ1) is 17.8. The van der Waals surface area contributed by atoms with E-state index in [2.05, 4.69) is 29.8 Å². The zero-order valence-corrected chi connectivity index (χ0v) is 16.6. The van der Waals surface area contributed by atoms with Gasteiger partial charge in [-0.15, -0.1) is 0 Å². The van der Waals surface area contributed by atoms with Gasteiger partial charge >= 0.3 is 0 Å². The molecule has 1 amide bonds. The molecule has 0 aliphatic carbocycles. The van der Waals surface area contributed by atoms with Crippen LogP contribution in [0.25, 0.3) is 17.0 Å². The molecule has 0 atom stereocenters. The molecule has 1 fully saturated rings. The molecular weight excluding hydrogens is 376 g/mol. The van der Waals surface area contributed by atoms with Gasteiger partial charge in [0, 0.05) is 29.2 Å². The third-order valence-electron chi connectivity index (χ3n) is 4.57. The summed E-state index contributed by atoms with van der Waals surface area (Å²) in [5.41, 5.74) is 2.85. The molecule has 0 bridgehead atoms. The molecule has 0 spiro atoms. The lowest BCUT2D eigenvalue weighted by Gasteiger charge is -2.17. The van der Waals surface area contributed by atoms with Crippen molar-refractivity contribution in [2.75, 3.05) is 12.0 Å². The topological polar surface area (TPSA) is 34.5 Å². The van der Waals surface area contributed by atoms with Gasteiger partial charge in [0.2, 0.25) is 0 Å². The van der Waals surface area contributed by atoms with E-state index in [1.54, 1.807) is 12.0 Å². The number of rotatable bonds is 4. The van der Waals surface area contributed by atoms with Crippen LogP contribution in [0.15, 0.2) is 59.6 Å². The minimum Gasteiger partial charge on any atom is -0.495 e. The van der Waals surface area contributed by atoms with Crippen LogP contribution in [0.3, 0.4) is 0 Å². The van der Waals surface area contributed by atoms with Crippen LogP contribution in [0.4, 0.5) is 5.69 Å². The fourth-order valence-corrected chi connectivity index (χ4v) is 4.56. The van der Waals surface area contributed by atoms with E-state index in [4.69, 9.17) is 17.0 Å². The standard InChI is InChI=1S/C21H18N2O2S2/c1-3-22-13-14(15-8-4-5-9-16(15)22)12-19-20(24)23(21(26)27-19)17-10-6-7-11-18(17)25-2/h4-13H,3H2,1-2H3/b19-12-. The SMILES string of the molecule is CCn1cc(/C=C2\SC(=S)N(c3ccccc3OC)C2=O)c2ccccc21. The van der Waals surface area contributed by atoms with Crippen molar-refractivity contribution in [1.82, 2.24) is 4.57 Å². The highest BCUT2D eigenvalue weighted by atomic mass is 32.2. The van der Waals surface area contributed by atoms with E-state index < -0.39 is 0 Å². The van der Waals surface area contributed by atoms with E-state index in [9.17, 15) is 4.79 Å². The fourth-order valence-electron chi connectivity index (χ4n) is 3.28. The largest absolute Gasteiger partial charge is 0.495 e. The Labute approximate surface area is 167 Å². The van der Waals surface area contributed by atoms with Gasteiger partial charge in [0.15, 0.2) is 4.32 Å². The highest BCUT2D eigenvalue weighted by molar-refractivity contribution is 8.27. The summed E-state index contributed by atoms with van der Waals surface area (Å²) in [6.45, 7) is 2.98. The molecular formula is C21H18N2O2S2. The van der Waals surface area contributed by atoms with Gasteiger partial charge in [-0.25, -0.2) is 0 Å². The van der Waals surface area contributed by atoms with Gasteiger partial charge in [-0.05, 0) is 31.2 Å². The molecule has 4 rings (SSSR count). The Balaban J connectivity index is 1.76. The number of hydrogen-bond acceptors (Lipinski definition) is 4. The van der Waals surface area contributed by atoms with Crippen molar-refractivity contribution in [2.24, 2.45) is 0 Å². The van der Waals surface area contributed by atoms with E-state index in [1.165, 1.54) is 11.8 Å². The third kappa shape index (κ3) is 3.05. The lowest BCUT2D eigenvalue weighted by molar-refractivity contribution is -0.113. The lowest BCUT2D eigenvalue weighted by Crippen LogP contribution is -2.27. The number of benzene rings is 2. The molecule has 0 N–H and O–H groups in total. The Morgan fingerprint density at radius 3 is 2.67 bits per heavy atom. The highest BCUT2D eigenvalue weighted by Gasteiger charge is 2.35. The summed E-state index contributed by atoms with van der Waals surface area (Å²) in [5, 5.41) is 1.13. The van der Waals surface area contributed by atoms with E-state index in [0.29, 0.717) is 20.7 Å². The second-order valence-electron chi connectivity index (χ2n) is 6.08. The minimum absolute atomic E-state index is 0.122. The Hall–Kier alpha value is -2.57. The number of thiocarbonyl (C=S) groups is 1. The molecule has 1 aliphatic heterocycles. The zero-order chi connectivity index (χ0) is 19.0. The van der Waals surface area contributed by atoms with E-state index in [-0.39, 0.29) is 5.91 Å². The molecule has 27 heavy (non-hydrogen) atoms. The van der Waals surface area contributed by atoms with Crippen molar-refractivity contribution < 1.29 is 9.53 Å². The highest BCUT2D eigenvalue weighted by Crippen LogP contribution is 2.40. The van der Waals surface area contributed by atoms with Crippen LogP contribution in [0.2, 0.25) is 0 Å². The van der Waals surface area contributed by atoms with Crippen molar-refractivity contribution in [2.45, 2.75) is 13.5 Å². The van der Waals surface area contributed by atoms with Crippen LogP contribution >= 0.6 is 24.0 Å². The zero-order valence-electron chi connectivity index (χ0n) is 15.0. The second kappa shape index (κ2) is 7.21. The normalized spacial score (nSPS) is 15.9. The van der Waals surface area contributed by atoms with Crippen molar-refractivity contribution in [3.63, 3.8) is 0 Å². The number of para-hydroxylation sites is 3. The number of hydrogen-bond donors (Lipinski definition) is 0. The number of anilines is 1. The van der Waals surface area contributed by atoms with Gasteiger partial charge in [-0.3, -0.25) is 9.69 Å². The molecule has 3 aromatic rings. The quantitative estimate of drug-likeness (QED) is 0.457. The van der Waals surface area contributed by atoms with E-state index in [0.717, 1.165) is 23.0 Å². The van der Waals surface area contributed by atoms with Crippen LogP contribution in [0.5, 0.6) is 5.75 Å². The van der Waals surface area contributed by atoms with Crippen LogP contribution in [-0.4, -0.2) is 21.9 Å². The van der Waals surface area contributed by atoms with Gasteiger partial charge < -0.3 is 9.30 Å². The predicted octanol–water partition coefficient (Wildman–Crippen LogP) is 5.08. The maximum Gasteiger partial charge on any atom is 0.270 e. The number of ether oxygens (including phenoxy) is 1. The monoisotopic (exact) mass is 394 g/mol. The molecule has 4 nitrogen and oxygen atoms in total. The summed E-state index contributed by atoms with van der Waals surface area (Å²) in [7, 11) is 1.59. The van der Waals surface area contributed by atoms with Crippen LogP contribution in [0, 0.1) is 0 Å². The average molecular weight is 395 g/mol. The molecule has 1 aliphatic rings. The summed E-state index contributed by atoms with van der Waals surface area (Å²) < 4.78 is 8.09. The smallest absolute Gasteiger partial charge is 0.270 e. The Morgan fingerprint density at radius 1 is 1.15 bits per heavy atom. The van der Waals surface area contributed by atoms with Crippen molar-refractivity contribution in [3.8, 4) is 5.75 Å². The van der Waals surface area contributed by atoms with E-state index in [1.807, 2.05) is 42.5 Å². The minimum atomic E-state index is -0.122. The number of carbonyl (C=O) groups is 1. The molecule has 1 aromatic heterocycles. The summed E-state index contributed by atoms with van der Waals surface area (Å²) in [5.74, 6) is 0.500. The number of aromatic nitrogens is 1. The molecule has 0 unspecified atom stereocenters. The van der Waals surface area contributed by atoms with Crippen molar-refractivity contribution in [1.29, 1.82) is 0 Å². The van der Waals surface area contributed by atoms with Gasteiger partial charge in [0.1, 0.15) is 5.75 Å². The number of nitrogens with zero attached hydrogens (tertiary/aromatic N) is 2. The first-order chi connectivity index (χ1) is 13.1. The average Bonchev–Trinajstić information content (AvgIpc) is 3.19. The maximum atomic E-state index is 13.1. The molecule has 0 radical (unpaired) electrons. The molecule has 0 saturated carbocycles. The molecule has 1 saturated heterocycles. The van der Waals surface area contributed by atoms with Crippen molar-refractivity contribution in [3.05, 3.63) is 65.2 Å². The molecule has 2 aromatic carbocycles. The summed E-state index contributed by atoms with van der Waals surface area (Å²) >= 11 is 6.81. The number of thioether (sulfide) groups is 1. The molecule has 6 heteroatoms. The fraction of sp³-hybridized carbons (Fsp3) is 0.143. The number of aryl methyl sites for hydroxylation is 1. The molecule has 136 valence electrons. The van der Waals surface area contributed by atoms with Crippen LogP contribution in [0.1, 0.15) is 12.5 Å². The predicted molar refractivity (Wildman–Crippen MR) is 116 cm³/mol. The first-order valence-corrected chi connectivity index (χ1v) is 9.85. The Bertz CT molecular complexity index is 1080. The van der Waals surface area contributed by atoms with Crippen LogP contribution < -0.4 is 9.64 Å². The van der Waals surface area contributed by atoms with Crippen LogP contribution in [-0.2, 0) is 11.3 Å². The lowest BCUT2D eigenvalue weighted by atomic mass is 10.1. The van der Waals surface area contributed by atoms with Gasteiger partial charge in [0.25, 0.3) is 5.91 Å². The second-order valence-corrected chi connectivity index (χ2v) is 7.75. The van der Waals surface area contributed by atoms with Gasteiger partial charge in [-0.1, -0.05) is 54.3 Å². The van der Waals surface area contributed by atoms with Gasteiger partial charge in [-0.2, -0.15) is 0 Å². The summed E-state index contributed by atoms with van der Waals surface area (Å²) in [6, 6.07) is 15.6. The van der Waals surface area contributed by atoms with Gasteiger partial charge in [0.05, 0.1) is 17.7 Å². The molecule has 2 heterocycles. The number of carbonyl (C=O) groups excluding carboxylic acids is 1. The Kier molecular flexibility index (Phi) is 4.76. The summed E-state index contributed by atoms with van der Waals surface area (Å²) in [4.78, 5) is 15.2. The maximum absolute atomic E-state index is 13.1. The summed E-state index contributed by atoms with van der Waals surface area (Å²) in [6.07, 6.45) is 4.02. The third-order valence-corrected chi connectivity index (χ3v) is 5.87. The van der Waals surface area contributed by atoms with Crippen molar-refractivity contribution >= 4 is 56.9 Å². The number of methoxy groups -OCH3 is 1. The number of fused-ring (bicyclic) bond motifs is 1.